The number of rotatable bonds is 8. The minimum atomic E-state index is -0.175. The zero-order valence-electron chi connectivity index (χ0n) is 16.7. The lowest BCUT2D eigenvalue weighted by Gasteiger charge is -2.07. The van der Waals surface area contributed by atoms with E-state index >= 15 is 0 Å². The summed E-state index contributed by atoms with van der Waals surface area (Å²) in [5.41, 5.74) is 3.05. The molecule has 5 heteroatoms. The van der Waals surface area contributed by atoms with Gasteiger partial charge < -0.3 is 9.15 Å². The normalized spacial score (nSPS) is 11.6. The average Bonchev–Trinajstić information content (AvgIpc) is 3.22. The van der Waals surface area contributed by atoms with Crippen LogP contribution in [0.15, 0.2) is 77.5 Å². The molecule has 0 unspecified atom stereocenters. The molecule has 2 heterocycles. The average molecular weight is 398 g/mol. The minimum Gasteiger partial charge on any atom is -0.494 e. The van der Waals surface area contributed by atoms with Crippen LogP contribution in [-0.2, 0) is 0 Å². The first-order valence-corrected chi connectivity index (χ1v) is 10.00. The Bertz CT molecular complexity index is 1130. The SMILES string of the molecule is CCCCOc1ccc(C(=O)/C(=C/c2cccnc2)c2nc3ccccc3o2)cc1. The maximum atomic E-state index is 13.4. The summed E-state index contributed by atoms with van der Waals surface area (Å²) < 4.78 is 11.6. The molecule has 0 aliphatic carbocycles. The molecule has 0 fully saturated rings. The predicted molar refractivity (Wildman–Crippen MR) is 117 cm³/mol. The van der Waals surface area contributed by atoms with Crippen LogP contribution in [0, 0.1) is 0 Å². The highest BCUT2D eigenvalue weighted by atomic mass is 16.5. The zero-order valence-corrected chi connectivity index (χ0v) is 16.7. The van der Waals surface area contributed by atoms with E-state index in [1.54, 1.807) is 30.6 Å². The number of hydrogen-bond donors (Lipinski definition) is 0. The number of carbonyl (C=O) groups excluding carboxylic acids is 1. The van der Waals surface area contributed by atoms with E-state index in [9.17, 15) is 4.79 Å². The Labute approximate surface area is 175 Å². The monoisotopic (exact) mass is 398 g/mol. The fourth-order valence-electron chi connectivity index (χ4n) is 3.03. The van der Waals surface area contributed by atoms with Crippen molar-refractivity contribution in [3.05, 3.63) is 90.1 Å². The van der Waals surface area contributed by atoms with Crippen LogP contribution in [0.3, 0.4) is 0 Å². The molecule has 0 aliphatic rings. The number of fused-ring (bicyclic) bond motifs is 1. The molecular formula is C25H22N2O3. The van der Waals surface area contributed by atoms with Crippen molar-refractivity contribution in [3.8, 4) is 5.75 Å². The summed E-state index contributed by atoms with van der Waals surface area (Å²) in [6.07, 6.45) is 7.21. The standard InChI is InChI=1S/C25H22N2O3/c1-2-3-15-29-20-12-10-19(11-13-20)24(28)21(16-18-7-6-14-26-17-18)25-27-22-8-4-5-9-23(22)30-25/h4-14,16-17H,2-3,15H2,1H3/b21-16-. The van der Waals surface area contributed by atoms with Crippen LogP contribution in [0.5, 0.6) is 5.75 Å². The highest BCUT2D eigenvalue weighted by Crippen LogP contribution is 2.26. The molecule has 4 rings (SSSR count). The van der Waals surface area contributed by atoms with Crippen molar-refractivity contribution < 1.29 is 13.9 Å². The van der Waals surface area contributed by atoms with Crippen LogP contribution >= 0.6 is 0 Å². The number of nitrogens with zero attached hydrogens (tertiary/aromatic N) is 2. The van der Waals surface area contributed by atoms with Crippen molar-refractivity contribution in [2.75, 3.05) is 6.61 Å². The van der Waals surface area contributed by atoms with Gasteiger partial charge in [0.2, 0.25) is 5.89 Å². The van der Waals surface area contributed by atoms with Crippen LogP contribution in [-0.4, -0.2) is 22.4 Å². The number of benzene rings is 2. The lowest BCUT2D eigenvalue weighted by atomic mass is 10.0. The van der Waals surface area contributed by atoms with Gasteiger partial charge in [0.15, 0.2) is 11.4 Å². The van der Waals surface area contributed by atoms with E-state index in [4.69, 9.17) is 9.15 Å². The van der Waals surface area contributed by atoms with Gasteiger partial charge in [-0.2, -0.15) is 0 Å². The minimum absolute atomic E-state index is 0.175. The van der Waals surface area contributed by atoms with Crippen LogP contribution in [0.25, 0.3) is 22.7 Å². The molecule has 0 amide bonds. The second-order valence-electron chi connectivity index (χ2n) is 6.89. The van der Waals surface area contributed by atoms with E-state index in [2.05, 4.69) is 16.9 Å². The van der Waals surface area contributed by atoms with Crippen molar-refractivity contribution in [3.63, 3.8) is 0 Å². The number of unbranched alkanes of at least 4 members (excludes halogenated alkanes) is 1. The number of ether oxygens (including phenoxy) is 1. The van der Waals surface area contributed by atoms with Crippen LogP contribution in [0.1, 0.15) is 41.6 Å². The number of para-hydroxylation sites is 2. The van der Waals surface area contributed by atoms with E-state index in [0.717, 1.165) is 24.2 Å². The first-order valence-electron chi connectivity index (χ1n) is 10.00. The largest absolute Gasteiger partial charge is 0.494 e. The third-order valence-corrected chi connectivity index (χ3v) is 4.65. The summed E-state index contributed by atoms with van der Waals surface area (Å²) in [6.45, 7) is 2.78. The predicted octanol–water partition coefficient (Wildman–Crippen LogP) is 5.83. The van der Waals surface area contributed by atoms with E-state index < -0.39 is 0 Å². The van der Waals surface area contributed by atoms with Gasteiger partial charge in [0.05, 0.1) is 12.2 Å². The summed E-state index contributed by atoms with van der Waals surface area (Å²) in [7, 11) is 0. The number of oxazole rings is 1. The van der Waals surface area contributed by atoms with E-state index in [1.807, 2.05) is 48.5 Å². The van der Waals surface area contributed by atoms with Crippen molar-refractivity contribution in [2.45, 2.75) is 19.8 Å². The number of hydrogen-bond acceptors (Lipinski definition) is 5. The first kappa shape index (κ1) is 19.6. The molecule has 0 spiro atoms. The Balaban J connectivity index is 1.68. The highest BCUT2D eigenvalue weighted by molar-refractivity contribution is 6.31. The number of ketones is 1. The number of carbonyl (C=O) groups is 1. The van der Waals surface area contributed by atoms with Crippen molar-refractivity contribution in [1.29, 1.82) is 0 Å². The van der Waals surface area contributed by atoms with Gasteiger partial charge in [-0.25, -0.2) is 4.98 Å². The number of aromatic nitrogens is 2. The fraction of sp³-hybridized carbons (Fsp3) is 0.160. The van der Waals surface area contributed by atoms with Gasteiger partial charge in [-0.1, -0.05) is 31.5 Å². The highest BCUT2D eigenvalue weighted by Gasteiger charge is 2.20. The van der Waals surface area contributed by atoms with Gasteiger partial charge in [0.25, 0.3) is 0 Å². The van der Waals surface area contributed by atoms with Gasteiger partial charge in [-0.15, -0.1) is 0 Å². The summed E-state index contributed by atoms with van der Waals surface area (Å²) >= 11 is 0. The Morgan fingerprint density at radius 2 is 1.90 bits per heavy atom. The third kappa shape index (κ3) is 4.46. The molecule has 4 aromatic rings. The molecular weight excluding hydrogens is 376 g/mol. The Kier molecular flexibility index (Phi) is 5.99. The van der Waals surface area contributed by atoms with Crippen LogP contribution in [0.2, 0.25) is 0 Å². The maximum absolute atomic E-state index is 13.4. The van der Waals surface area contributed by atoms with Crippen LogP contribution in [0.4, 0.5) is 0 Å². The van der Waals surface area contributed by atoms with E-state index in [1.165, 1.54) is 0 Å². The summed E-state index contributed by atoms with van der Waals surface area (Å²) in [4.78, 5) is 22.0. The topological polar surface area (TPSA) is 65.2 Å². The second-order valence-corrected chi connectivity index (χ2v) is 6.89. The smallest absolute Gasteiger partial charge is 0.231 e. The molecule has 30 heavy (non-hydrogen) atoms. The molecule has 2 aromatic heterocycles. The second kappa shape index (κ2) is 9.18. The lowest BCUT2D eigenvalue weighted by Crippen LogP contribution is -2.04. The van der Waals surface area contributed by atoms with Gasteiger partial charge in [-0.3, -0.25) is 9.78 Å². The molecule has 2 aromatic carbocycles. The quantitative estimate of drug-likeness (QED) is 0.212. The van der Waals surface area contributed by atoms with Gasteiger partial charge in [-0.05, 0) is 60.5 Å². The van der Waals surface area contributed by atoms with Crippen molar-refractivity contribution in [1.82, 2.24) is 9.97 Å². The van der Waals surface area contributed by atoms with Gasteiger partial charge in [0, 0.05) is 18.0 Å². The van der Waals surface area contributed by atoms with Crippen LogP contribution < -0.4 is 4.74 Å². The van der Waals surface area contributed by atoms with Crippen molar-refractivity contribution in [2.24, 2.45) is 0 Å². The van der Waals surface area contributed by atoms with Gasteiger partial charge >= 0.3 is 0 Å². The molecule has 150 valence electrons. The zero-order chi connectivity index (χ0) is 20.8. The Morgan fingerprint density at radius 1 is 1.07 bits per heavy atom. The number of Topliss-reactive ketones (excluding diaryl/α,β-unsaturated/α-hetero) is 1. The lowest BCUT2D eigenvalue weighted by molar-refractivity contribution is 0.105. The molecule has 0 radical (unpaired) electrons. The Hall–Kier alpha value is -3.73. The first-order chi connectivity index (χ1) is 14.7. The molecule has 0 atom stereocenters. The third-order valence-electron chi connectivity index (χ3n) is 4.65. The maximum Gasteiger partial charge on any atom is 0.231 e. The molecule has 0 aliphatic heterocycles. The molecule has 5 nitrogen and oxygen atoms in total. The Morgan fingerprint density at radius 3 is 2.63 bits per heavy atom. The summed E-state index contributed by atoms with van der Waals surface area (Å²) in [5.74, 6) is 0.860. The van der Waals surface area contributed by atoms with Gasteiger partial charge in [0.1, 0.15) is 11.3 Å². The van der Waals surface area contributed by atoms with E-state index in [0.29, 0.717) is 28.8 Å². The molecule has 0 saturated heterocycles. The fourth-order valence-corrected chi connectivity index (χ4v) is 3.03. The summed E-state index contributed by atoms with van der Waals surface area (Å²) in [5, 5.41) is 0. The number of allylic oxidation sites excluding steroid dienone is 1. The number of pyridine rings is 1. The van der Waals surface area contributed by atoms with Crippen molar-refractivity contribution >= 4 is 28.5 Å². The molecule has 0 saturated carbocycles. The molecule has 0 N–H and O–H groups in total. The van der Waals surface area contributed by atoms with E-state index in [-0.39, 0.29) is 11.7 Å². The summed E-state index contributed by atoms with van der Waals surface area (Å²) in [6, 6.07) is 18.3. The molecule has 0 bridgehead atoms.